The molecular weight excluding hydrogens is 499 g/mol. The second-order valence-corrected chi connectivity index (χ2v) is 9.87. The summed E-state index contributed by atoms with van der Waals surface area (Å²) in [5.74, 6) is 0.262. The van der Waals surface area contributed by atoms with Crippen LogP contribution in [0.3, 0.4) is 0 Å². The number of aromatic amines is 1. The Morgan fingerprint density at radius 3 is 2.56 bits per heavy atom. The van der Waals surface area contributed by atoms with Gasteiger partial charge in [0.05, 0.1) is 15.7 Å². The van der Waals surface area contributed by atoms with E-state index in [1.165, 1.54) is 0 Å². The molecule has 0 radical (unpaired) electrons. The predicted octanol–water partition coefficient (Wildman–Crippen LogP) is 4.07. The highest BCUT2D eigenvalue weighted by Crippen LogP contribution is 2.33. The number of amides is 2. The Balaban J connectivity index is 1.11. The number of benzene rings is 2. The molecule has 2 N–H and O–H groups in total. The number of piperazine rings is 1. The van der Waals surface area contributed by atoms with Gasteiger partial charge in [-0.3, -0.25) is 19.6 Å². The van der Waals surface area contributed by atoms with E-state index in [0.717, 1.165) is 43.0 Å². The van der Waals surface area contributed by atoms with Crippen molar-refractivity contribution in [3.05, 3.63) is 75.4 Å². The Hall–Kier alpha value is -3.07. The number of rotatable bonds is 7. The van der Waals surface area contributed by atoms with Gasteiger partial charge >= 0.3 is 0 Å². The van der Waals surface area contributed by atoms with Crippen LogP contribution in [0.2, 0.25) is 10.0 Å². The second-order valence-electron chi connectivity index (χ2n) is 9.09. The molecule has 1 aromatic heterocycles. The van der Waals surface area contributed by atoms with Crippen LogP contribution in [0.5, 0.6) is 0 Å². The number of fused-ring (bicyclic) bond motifs is 1. The number of nitrogens with zero attached hydrogens (tertiary/aromatic N) is 4. The monoisotopic (exact) mass is 526 g/mol. The van der Waals surface area contributed by atoms with Gasteiger partial charge in [0.15, 0.2) is 5.82 Å². The maximum atomic E-state index is 12.9. The number of H-pyrrole nitrogens is 1. The summed E-state index contributed by atoms with van der Waals surface area (Å²) in [5, 5.41) is 11.1. The largest absolute Gasteiger partial charge is 0.368 e. The summed E-state index contributed by atoms with van der Waals surface area (Å²) in [4.78, 5) is 31.9. The standard InChI is InChI=1S/C26H28Cl2N6O2/c27-20-7-4-8-21(23(20)28)33-15-13-32(14-16-33)11-10-22(35)29-25-19-9-12-34(26(36)24(19)30-31-25)17-18-5-2-1-3-6-18/h1-8H,9-17H2,(H2,29,30,31,35). The van der Waals surface area contributed by atoms with Gasteiger partial charge in [0.1, 0.15) is 5.69 Å². The van der Waals surface area contributed by atoms with Crippen molar-refractivity contribution in [1.82, 2.24) is 20.0 Å². The Morgan fingerprint density at radius 1 is 1.00 bits per heavy atom. The summed E-state index contributed by atoms with van der Waals surface area (Å²) < 4.78 is 0. The van der Waals surface area contributed by atoms with Crippen molar-refractivity contribution in [2.24, 2.45) is 0 Å². The molecule has 2 aromatic carbocycles. The molecule has 3 aromatic rings. The van der Waals surface area contributed by atoms with E-state index in [9.17, 15) is 9.59 Å². The van der Waals surface area contributed by atoms with Crippen molar-refractivity contribution in [3.8, 4) is 0 Å². The lowest BCUT2D eigenvalue weighted by Crippen LogP contribution is -2.47. The minimum atomic E-state index is -0.108. The lowest BCUT2D eigenvalue weighted by atomic mass is 10.0. The first-order valence-corrected chi connectivity index (χ1v) is 12.9. The third-order valence-corrected chi connectivity index (χ3v) is 7.58. The van der Waals surface area contributed by atoms with Gasteiger partial charge in [-0.1, -0.05) is 59.6 Å². The van der Waals surface area contributed by atoms with Crippen LogP contribution in [0, 0.1) is 0 Å². The normalized spacial score (nSPS) is 16.2. The quantitative estimate of drug-likeness (QED) is 0.484. The number of nitrogens with one attached hydrogen (secondary N) is 2. The molecule has 2 aliphatic heterocycles. The first-order chi connectivity index (χ1) is 17.5. The number of halogens is 2. The van der Waals surface area contributed by atoms with E-state index in [2.05, 4.69) is 25.3 Å². The highest BCUT2D eigenvalue weighted by molar-refractivity contribution is 6.43. The van der Waals surface area contributed by atoms with Gasteiger partial charge < -0.3 is 15.1 Å². The van der Waals surface area contributed by atoms with E-state index in [1.54, 1.807) is 11.0 Å². The molecule has 36 heavy (non-hydrogen) atoms. The zero-order valence-electron chi connectivity index (χ0n) is 19.8. The number of hydrogen-bond acceptors (Lipinski definition) is 5. The molecule has 10 heteroatoms. The molecule has 3 heterocycles. The summed E-state index contributed by atoms with van der Waals surface area (Å²) in [6.07, 6.45) is 1.00. The molecule has 2 aliphatic rings. The van der Waals surface area contributed by atoms with Crippen molar-refractivity contribution in [3.63, 3.8) is 0 Å². The van der Waals surface area contributed by atoms with Gasteiger partial charge in [-0.2, -0.15) is 5.10 Å². The molecule has 8 nitrogen and oxygen atoms in total. The maximum absolute atomic E-state index is 12.9. The summed E-state index contributed by atoms with van der Waals surface area (Å²) in [6, 6.07) is 15.6. The van der Waals surface area contributed by atoms with Crippen LogP contribution in [-0.4, -0.2) is 71.1 Å². The Kier molecular flexibility index (Phi) is 7.46. The number of aromatic nitrogens is 2. The summed E-state index contributed by atoms with van der Waals surface area (Å²) in [6.45, 7) is 5.09. The zero-order valence-corrected chi connectivity index (χ0v) is 21.4. The van der Waals surface area contributed by atoms with Crippen LogP contribution in [0.25, 0.3) is 0 Å². The van der Waals surface area contributed by atoms with Crippen LogP contribution in [-0.2, 0) is 17.8 Å². The molecular formula is C26H28Cl2N6O2. The van der Waals surface area contributed by atoms with E-state index in [4.69, 9.17) is 23.2 Å². The van der Waals surface area contributed by atoms with Crippen LogP contribution in [0.4, 0.5) is 11.5 Å². The second kappa shape index (κ2) is 10.9. The fraction of sp³-hybridized carbons (Fsp3) is 0.346. The van der Waals surface area contributed by atoms with Crippen molar-refractivity contribution in [1.29, 1.82) is 0 Å². The highest BCUT2D eigenvalue weighted by atomic mass is 35.5. The van der Waals surface area contributed by atoms with E-state index in [0.29, 0.717) is 54.0 Å². The molecule has 0 bridgehead atoms. The molecule has 0 atom stereocenters. The zero-order chi connectivity index (χ0) is 25.1. The minimum Gasteiger partial charge on any atom is -0.368 e. The van der Waals surface area contributed by atoms with Gasteiger partial charge in [0.25, 0.3) is 5.91 Å². The molecule has 0 spiro atoms. The SMILES string of the molecule is O=C(CCN1CCN(c2cccc(Cl)c2Cl)CC1)Nc1n[nH]c2c1CCN(Cc1ccccc1)C2=O. The molecule has 1 saturated heterocycles. The molecule has 0 saturated carbocycles. The lowest BCUT2D eigenvalue weighted by Gasteiger charge is -2.36. The molecule has 1 fully saturated rings. The van der Waals surface area contributed by atoms with Crippen LogP contribution in [0.15, 0.2) is 48.5 Å². The molecule has 0 unspecified atom stereocenters. The Morgan fingerprint density at radius 2 is 1.78 bits per heavy atom. The third kappa shape index (κ3) is 5.36. The van der Waals surface area contributed by atoms with Crippen LogP contribution >= 0.6 is 23.2 Å². The van der Waals surface area contributed by atoms with E-state index >= 15 is 0 Å². The topological polar surface area (TPSA) is 84.6 Å². The van der Waals surface area contributed by atoms with Gasteiger partial charge in [0.2, 0.25) is 5.91 Å². The first-order valence-electron chi connectivity index (χ1n) is 12.1. The van der Waals surface area contributed by atoms with Gasteiger partial charge in [-0.25, -0.2) is 0 Å². The fourth-order valence-electron chi connectivity index (χ4n) is 4.75. The number of hydrogen-bond donors (Lipinski definition) is 2. The van der Waals surface area contributed by atoms with Gasteiger partial charge in [0, 0.05) is 57.8 Å². The van der Waals surface area contributed by atoms with E-state index in [-0.39, 0.29) is 11.8 Å². The highest BCUT2D eigenvalue weighted by Gasteiger charge is 2.29. The summed E-state index contributed by atoms with van der Waals surface area (Å²) in [5.41, 5.74) is 3.27. The van der Waals surface area contributed by atoms with E-state index < -0.39 is 0 Å². The van der Waals surface area contributed by atoms with Crippen molar-refractivity contribution >= 4 is 46.5 Å². The first kappa shape index (κ1) is 24.6. The maximum Gasteiger partial charge on any atom is 0.272 e. The Labute approximate surface area is 220 Å². The molecule has 188 valence electrons. The van der Waals surface area contributed by atoms with Crippen LogP contribution in [0.1, 0.15) is 28.0 Å². The van der Waals surface area contributed by atoms with Crippen molar-refractivity contribution in [2.45, 2.75) is 19.4 Å². The smallest absolute Gasteiger partial charge is 0.272 e. The van der Waals surface area contributed by atoms with Crippen molar-refractivity contribution in [2.75, 3.05) is 49.5 Å². The molecule has 2 amide bonds. The van der Waals surface area contributed by atoms with Crippen molar-refractivity contribution < 1.29 is 9.59 Å². The minimum absolute atomic E-state index is 0.0919. The Bertz CT molecular complexity index is 1240. The molecule has 5 rings (SSSR count). The number of carbonyl (C=O) groups is 2. The average molecular weight is 527 g/mol. The molecule has 0 aliphatic carbocycles. The van der Waals surface area contributed by atoms with Gasteiger partial charge in [-0.15, -0.1) is 0 Å². The predicted molar refractivity (Wildman–Crippen MR) is 142 cm³/mol. The van der Waals surface area contributed by atoms with Crippen LogP contribution < -0.4 is 10.2 Å². The van der Waals surface area contributed by atoms with E-state index in [1.807, 2.05) is 42.5 Å². The average Bonchev–Trinajstić information content (AvgIpc) is 3.30. The fourth-order valence-corrected chi connectivity index (χ4v) is 5.17. The third-order valence-electron chi connectivity index (χ3n) is 6.77. The van der Waals surface area contributed by atoms with Gasteiger partial charge in [-0.05, 0) is 24.1 Å². The lowest BCUT2D eigenvalue weighted by molar-refractivity contribution is -0.116. The number of carbonyl (C=O) groups excluding carboxylic acids is 2. The summed E-state index contributed by atoms with van der Waals surface area (Å²) >= 11 is 12.5. The number of anilines is 2. The summed E-state index contributed by atoms with van der Waals surface area (Å²) in [7, 11) is 0.